The van der Waals surface area contributed by atoms with Crippen LogP contribution in [0.4, 0.5) is 13.2 Å². The van der Waals surface area contributed by atoms with E-state index in [2.05, 4.69) is 11.8 Å². The predicted octanol–water partition coefficient (Wildman–Crippen LogP) is 5.51. The Hall–Kier alpha value is -2.45. The molecular formula is C23H21F3O2. The number of benzene rings is 2. The minimum atomic E-state index is -1.02. The van der Waals surface area contributed by atoms with Gasteiger partial charge >= 0.3 is 0 Å². The molecule has 1 aliphatic carbocycles. The third-order valence-corrected chi connectivity index (χ3v) is 5.57. The molecule has 2 nitrogen and oxygen atoms in total. The van der Waals surface area contributed by atoms with Crippen molar-refractivity contribution in [2.45, 2.75) is 37.7 Å². The van der Waals surface area contributed by atoms with E-state index in [0.717, 1.165) is 36.8 Å². The minimum Gasteiger partial charge on any atom is -0.494 e. The quantitative estimate of drug-likeness (QED) is 0.513. The average Bonchev–Trinajstić information content (AvgIpc) is 3.55. The molecule has 1 unspecified atom stereocenters. The fourth-order valence-electron chi connectivity index (χ4n) is 3.83. The van der Waals surface area contributed by atoms with E-state index in [1.54, 1.807) is 6.07 Å². The normalized spacial score (nSPS) is 23.6. The van der Waals surface area contributed by atoms with Crippen molar-refractivity contribution in [2.75, 3.05) is 13.7 Å². The highest BCUT2D eigenvalue weighted by Gasteiger charge is 2.28. The first-order valence-corrected chi connectivity index (χ1v) is 9.51. The van der Waals surface area contributed by atoms with Gasteiger partial charge in [-0.05, 0) is 60.9 Å². The SMILES string of the molecule is COc1ccc(C#CC2CCC(c3ccc(C4CO4)cc3F)CC2)c(F)c1F. The summed E-state index contributed by atoms with van der Waals surface area (Å²) < 4.78 is 52.2. The van der Waals surface area contributed by atoms with E-state index < -0.39 is 11.6 Å². The van der Waals surface area contributed by atoms with Gasteiger partial charge < -0.3 is 9.47 Å². The van der Waals surface area contributed by atoms with Crippen molar-refractivity contribution in [2.24, 2.45) is 5.92 Å². The van der Waals surface area contributed by atoms with Gasteiger partial charge in [0.1, 0.15) is 11.9 Å². The Morgan fingerprint density at radius 1 is 1.00 bits per heavy atom. The van der Waals surface area contributed by atoms with Crippen molar-refractivity contribution in [1.29, 1.82) is 0 Å². The molecule has 2 fully saturated rings. The highest BCUT2D eigenvalue weighted by molar-refractivity contribution is 5.41. The lowest BCUT2D eigenvalue weighted by molar-refractivity contribution is 0.371. The molecule has 2 aromatic carbocycles. The van der Waals surface area contributed by atoms with Crippen LogP contribution in [0, 0.1) is 35.2 Å². The van der Waals surface area contributed by atoms with Crippen molar-refractivity contribution >= 4 is 0 Å². The summed E-state index contributed by atoms with van der Waals surface area (Å²) in [6.07, 6.45) is 3.33. The monoisotopic (exact) mass is 386 g/mol. The highest BCUT2D eigenvalue weighted by atomic mass is 19.2. The molecular weight excluding hydrogens is 365 g/mol. The molecule has 4 rings (SSSR count). The van der Waals surface area contributed by atoms with E-state index in [9.17, 15) is 13.2 Å². The third-order valence-electron chi connectivity index (χ3n) is 5.57. The number of ether oxygens (including phenoxy) is 2. The molecule has 5 heteroatoms. The van der Waals surface area contributed by atoms with E-state index in [-0.39, 0.29) is 35.1 Å². The van der Waals surface area contributed by atoms with E-state index in [4.69, 9.17) is 9.47 Å². The maximum absolute atomic E-state index is 14.5. The number of methoxy groups -OCH3 is 1. The smallest absolute Gasteiger partial charge is 0.201 e. The van der Waals surface area contributed by atoms with Crippen molar-refractivity contribution in [3.63, 3.8) is 0 Å². The average molecular weight is 386 g/mol. The Morgan fingerprint density at radius 3 is 2.39 bits per heavy atom. The maximum Gasteiger partial charge on any atom is 0.201 e. The summed E-state index contributed by atoms with van der Waals surface area (Å²) in [4.78, 5) is 0. The van der Waals surface area contributed by atoms with Crippen LogP contribution in [0.25, 0.3) is 0 Å². The zero-order valence-electron chi connectivity index (χ0n) is 15.6. The van der Waals surface area contributed by atoms with Crippen LogP contribution in [0.5, 0.6) is 5.75 Å². The highest BCUT2D eigenvalue weighted by Crippen LogP contribution is 2.38. The maximum atomic E-state index is 14.5. The summed E-state index contributed by atoms with van der Waals surface area (Å²) in [5.41, 5.74) is 1.68. The largest absolute Gasteiger partial charge is 0.494 e. The van der Waals surface area contributed by atoms with Crippen LogP contribution < -0.4 is 4.74 Å². The van der Waals surface area contributed by atoms with Gasteiger partial charge in [0, 0.05) is 5.92 Å². The van der Waals surface area contributed by atoms with E-state index in [1.807, 2.05) is 12.1 Å². The predicted molar refractivity (Wildman–Crippen MR) is 99.6 cm³/mol. The Kier molecular flexibility index (Phi) is 5.32. The van der Waals surface area contributed by atoms with Gasteiger partial charge in [0.05, 0.1) is 19.3 Å². The minimum absolute atomic E-state index is 0.0318. The standard InChI is InChI=1S/C23H21F3O2/c1-27-20-11-9-16(22(25)23(20)26)7-4-14-2-5-15(6-3-14)18-10-8-17(12-19(18)24)21-13-28-21/h8-12,14-15,21H,2-3,5-6,13H2,1H3. The molecule has 146 valence electrons. The van der Waals surface area contributed by atoms with Crippen LogP contribution in [0.2, 0.25) is 0 Å². The second kappa shape index (κ2) is 7.89. The van der Waals surface area contributed by atoms with E-state index in [1.165, 1.54) is 19.2 Å². The lowest BCUT2D eigenvalue weighted by Gasteiger charge is -2.26. The third kappa shape index (κ3) is 3.88. The van der Waals surface area contributed by atoms with Crippen LogP contribution in [-0.2, 0) is 4.74 Å². The van der Waals surface area contributed by atoms with Gasteiger partial charge in [-0.2, -0.15) is 4.39 Å². The summed E-state index contributed by atoms with van der Waals surface area (Å²) in [5.74, 6) is 3.78. The second-order valence-electron chi connectivity index (χ2n) is 7.36. The molecule has 0 N–H and O–H groups in total. The van der Waals surface area contributed by atoms with Gasteiger partial charge in [0.25, 0.3) is 0 Å². The van der Waals surface area contributed by atoms with Crippen LogP contribution in [-0.4, -0.2) is 13.7 Å². The molecule has 1 heterocycles. The van der Waals surface area contributed by atoms with Gasteiger partial charge in [-0.15, -0.1) is 0 Å². The van der Waals surface area contributed by atoms with Crippen molar-refractivity contribution in [1.82, 2.24) is 0 Å². The van der Waals surface area contributed by atoms with Crippen molar-refractivity contribution in [3.05, 3.63) is 64.5 Å². The summed E-state index contributed by atoms with van der Waals surface area (Å²) >= 11 is 0. The lowest BCUT2D eigenvalue weighted by Crippen LogP contribution is -2.13. The first-order valence-electron chi connectivity index (χ1n) is 9.51. The fourth-order valence-corrected chi connectivity index (χ4v) is 3.83. The molecule has 1 atom stereocenters. The first-order chi connectivity index (χ1) is 13.6. The Labute approximate surface area is 162 Å². The van der Waals surface area contributed by atoms with Crippen LogP contribution in [0.15, 0.2) is 30.3 Å². The molecule has 0 spiro atoms. The lowest BCUT2D eigenvalue weighted by atomic mass is 9.78. The van der Waals surface area contributed by atoms with Crippen molar-refractivity contribution in [3.8, 4) is 17.6 Å². The molecule has 0 bridgehead atoms. The summed E-state index contributed by atoms with van der Waals surface area (Å²) in [6, 6.07) is 8.20. The van der Waals surface area contributed by atoms with Crippen LogP contribution in [0.1, 0.15) is 54.4 Å². The summed E-state index contributed by atoms with van der Waals surface area (Å²) in [5, 5.41) is 0. The Balaban J connectivity index is 1.40. The van der Waals surface area contributed by atoms with E-state index in [0.29, 0.717) is 6.61 Å². The van der Waals surface area contributed by atoms with Gasteiger partial charge in [0.15, 0.2) is 11.6 Å². The number of hydrogen-bond acceptors (Lipinski definition) is 2. The van der Waals surface area contributed by atoms with Gasteiger partial charge in [-0.1, -0.05) is 24.0 Å². The molecule has 1 saturated heterocycles. The molecule has 1 saturated carbocycles. The molecule has 2 aromatic rings. The van der Waals surface area contributed by atoms with Gasteiger partial charge in [0.2, 0.25) is 5.82 Å². The molecule has 1 aliphatic heterocycles. The van der Waals surface area contributed by atoms with Gasteiger partial charge in [-0.3, -0.25) is 0 Å². The van der Waals surface area contributed by atoms with Crippen molar-refractivity contribution < 1.29 is 22.6 Å². The van der Waals surface area contributed by atoms with E-state index >= 15 is 0 Å². The molecule has 0 amide bonds. The summed E-state index contributed by atoms with van der Waals surface area (Å²) in [6.45, 7) is 0.668. The fraction of sp³-hybridized carbons (Fsp3) is 0.391. The number of epoxide rings is 1. The molecule has 0 aromatic heterocycles. The Bertz CT molecular complexity index is 933. The Morgan fingerprint density at radius 2 is 1.75 bits per heavy atom. The molecule has 28 heavy (non-hydrogen) atoms. The first kappa shape index (κ1) is 18.9. The topological polar surface area (TPSA) is 21.8 Å². The number of rotatable bonds is 3. The summed E-state index contributed by atoms with van der Waals surface area (Å²) in [7, 11) is 1.29. The molecule has 0 radical (unpaired) electrons. The second-order valence-corrected chi connectivity index (χ2v) is 7.36. The molecule has 2 aliphatic rings. The number of halogens is 3. The number of hydrogen-bond donors (Lipinski definition) is 0. The van der Waals surface area contributed by atoms with Gasteiger partial charge in [-0.25, -0.2) is 8.78 Å². The zero-order chi connectivity index (χ0) is 19.7. The van der Waals surface area contributed by atoms with Crippen LogP contribution >= 0.6 is 0 Å². The zero-order valence-corrected chi connectivity index (χ0v) is 15.6. The van der Waals surface area contributed by atoms with Crippen LogP contribution in [0.3, 0.4) is 0 Å².